The largest absolute Gasteiger partial charge is 0.490 e. The second-order valence-corrected chi connectivity index (χ2v) is 9.74. The SMILES string of the molecule is CCCCCNC(=O)Nc1ccc(Oc2ccc(NC(=O)c3ccc(OC4CCNCC4)cc3)cc2C)cc1. The number of ether oxygens (including phenoxy) is 2. The molecule has 0 spiro atoms. The van der Waals surface area contributed by atoms with Gasteiger partial charge in [0, 0.05) is 23.5 Å². The standard InChI is InChI=1S/C31H38N4O4/c1-3-4-5-18-33-31(37)35-24-8-13-27(14-9-24)39-29-15-10-25(21-22(29)2)34-30(36)23-6-11-26(12-7-23)38-28-16-19-32-20-17-28/h6-15,21,28,32H,3-5,16-20H2,1-2H3,(H,34,36)(H2,33,35,37). The van der Waals surface area contributed by atoms with E-state index in [-0.39, 0.29) is 18.0 Å². The van der Waals surface area contributed by atoms with Crippen LogP contribution in [0.15, 0.2) is 66.7 Å². The Morgan fingerprint density at radius 3 is 2.26 bits per heavy atom. The number of hydrogen-bond donors (Lipinski definition) is 4. The first-order valence-electron chi connectivity index (χ1n) is 13.7. The first-order chi connectivity index (χ1) is 19.0. The van der Waals surface area contributed by atoms with E-state index in [0.29, 0.717) is 35.0 Å². The molecule has 1 aliphatic heterocycles. The monoisotopic (exact) mass is 530 g/mol. The second kappa shape index (κ2) is 14.2. The van der Waals surface area contributed by atoms with Gasteiger partial charge >= 0.3 is 6.03 Å². The van der Waals surface area contributed by atoms with E-state index in [1.807, 2.05) is 37.3 Å². The number of rotatable bonds is 11. The smallest absolute Gasteiger partial charge is 0.319 e. The first-order valence-corrected chi connectivity index (χ1v) is 13.7. The summed E-state index contributed by atoms with van der Waals surface area (Å²) in [4.78, 5) is 24.8. The molecular formula is C31H38N4O4. The first kappa shape index (κ1) is 28.0. The van der Waals surface area contributed by atoms with Crippen molar-refractivity contribution in [2.45, 2.75) is 52.1 Å². The van der Waals surface area contributed by atoms with Gasteiger partial charge in [0.25, 0.3) is 5.91 Å². The van der Waals surface area contributed by atoms with Crippen LogP contribution < -0.4 is 30.7 Å². The number of nitrogens with one attached hydrogen (secondary N) is 4. The highest BCUT2D eigenvalue weighted by atomic mass is 16.5. The number of hydrogen-bond acceptors (Lipinski definition) is 5. The van der Waals surface area contributed by atoms with Gasteiger partial charge in [-0.3, -0.25) is 4.79 Å². The summed E-state index contributed by atoms with van der Waals surface area (Å²) in [5.41, 5.74) is 2.82. The van der Waals surface area contributed by atoms with E-state index in [9.17, 15) is 9.59 Å². The molecule has 206 valence electrons. The molecule has 0 unspecified atom stereocenters. The van der Waals surface area contributed by atoms with Crippen LogP contribution in [0.25, 0.3) is 0 Å². The Morgan fingerprint density at radius 2 is 1.56 bits per heavy atom. The van der Waals surface area contributed by atoms with Crippen molar-refractivity contribution < 1.29 is 19.1 Å². The van der Waals surface area contributed by atoms with Crippen molar-refractivity contribution in [3.63, 3.8) is 0 Å². The van der Waals surface area contributed by atoms with Crippen LogP contribution in [0.2, 0.25) is 0 Å². The molecule has 0 radical (unpaired) electrons. The van der Waals surface area contributed by atoms with Crippen molar-refractivity contribution in [3.8, 4) is 17.2 Å². The number of piperidine rings is 1. The fourth-order valence-electron chi connectivity index (χ4n) is 4.32. The molecule has 3 amide bonds. The van der Waals surface area contributed by atoms with E-state index in [1.54, 1.807) is 36.4 Å². The quantitative estimate of drug-likeness (QED) is 0.213. The molecule has 1 heterocycles. The topological polar surface area (TPSA) is 101 Å². The zero-order chi connectivity index (χ0) is 27.5. The summed E-state index contributed by atoms with van der Waals surface area (Å²) in [5, 5.41) is 12.0. The Bertz CT molecular complexity index is 1220. The molecule has 8 nitrogen and oxygen atoms in total. The fourth-order valence-corrected chi connectivity index (χ4v) is 4.32. The molecule has 0 saturated carbocycles. The van der Waals surface area contributed by atoms with Gasteiger partial charge in [0.1, 0.15) is 23.4 Å². The van der Waals surface area contributed by atoms with Crippen LogP contribution in [0.1, 0.15) is 54.9 Å². The Morgan fingerprint density at radius 1 is 0.872 bits per heavy atom. The second-order valence-electron chi connectivity index (χ2n) is 9.74. The van der Waals surface area contributed by atoms with Crippen LogP contribution in [0.4, 0.5) is 16.2 Å². The number of benzene rings is 3. The van der Waals surface area contributed by atoms with Gasteiger partial charge < -0.3 is 30.7 Å². The predicted molar refractivity (Wildman–Crippen MR) is 155 cm³/mol. The maximum absolute atomic E-state index is 12.8. The number of aryl methyl sites for hydroxylation is 1. The molecule has 39 heavy (non-hydrogen) atoms. The molecule has 4 rings (SSSR count). The van der Waals surface area contributed by atoms with E-state index >= 15 is 0 Å². The third kappa shape index (κ3) is 8.75. The van der Waals surface area contributed by atoms with Crippen LogP contribution >= 0.6 is 0 Å². The summed E-state index contributed by atoms with van der Waals surface area (Å²) >= 11 is 0. The van der Waals surface area contributed by atoms with Gasteiger partial charge in [0.05, 0.1) is 0 Å². The minimum absolute atomic E-state index is 0.186. The number of carbonyl (C=O) groups is 2. The van der Waals surface area contributed by atoms with E-state index in [2.05, 4.69) is 28.2 Å². The Labute approximate surface area is 230 Å². The molecular weight excluding hydrogens is 492 g/mol. The molecule has 4 N–H and O–H groups in total. The summed E-state index contributed by atoms with van der Waals surface area (Å²) < 4.78 is 12.0. The minimum Gasteiger partial charge on any atom is -0.490 e. The minimum atomic E-state index is -0.213. The van der Waals surface area contributed by atoms with Crippen molar-refractivity contribution in [1.29, 1.82) is 0 Å². The zero-order valence-corrected chi connectivity index (χ0v) is 22.7. The fraction of sp³-hybridized carbons (Fsp3) is 0.355. The van der Waals surface area contributed by atoms with Crippen molar-refractivity contribution in [2.24, 2.45) is 0 Å². The molecule has 3 aromatic rings. The highest BCUT2D eigenvalue weighted by molar-refractivity contribution is 6.04. The number of anilines is 2. The number of unbranched alkanes of at least 4 members (excludes halogenated alkanes) is 2. The summed E-state index contributed by atoms with van der Waals surface area (Å²) in [6, 6.07) is 19.8. The molecule has 0 atom stereocenters. The molecule has 1 saturated heterocycles. The number of urea groups is 1. The molecule has 1 fully saturated rings. The van der Waals surface area contributed by atoms with E-state index < -0.39 is 0 Å². The number of carbonyl (C=O) groups excluding carboxylic acids is 2. The lowest BCUT2D eigenvalue weighted by atomic mass is 10.1. The molecule has 3 aromatic carbocycles. The lowest BCUT2D eigenvalue weighted by Crippen LogP contribution is -2.34. The van der Waals surface area contributed by atoms with Crippen molar-refractivity contribution >= 4 is 23.3 Å². The lowest BCUT2D eigenvalue weighted by Gasteiger charge is -2.23. The average molecular weight is 531 g/mol. The van der Waals surface area contributed by atoms with Crippen LogP contribution in [0.3, 0.4) is 0 Å². The van der Waals surface area contributed by atoms with Crippen LogP contribution in [-0.4, -0.2) is 37.7 Å². The van der Waals surface area contributed by atoms with Gasteiger partial charge in [0.2, 0.25) is 0 Å². The van der Waals surface area contributed by atoms with E-state index in [1.165, 1.54) is 0 Å². The van der Waals surface area contributed by atoms with E-state index in [4.69, 9.17) is 9.47 Å². The van der Waals surface area contributed by atoms with Gasteiger partial charge in [-0.2, -0.15) is 0 Å². The third-order valence-corrected chi connectivity index (χ3v) is 6.54. The van der Waals surface area contributed by atoms with Gasteiger partial charge in [-0.1, -0.05) is 19.8 Å². The molecule has 8 heteroatoms. The van der Waals surface area contributed by atoms with Gasteiger partial charge in [-0.05, 0) is 112 Å². The van der Waals surface area contributed by atoms with Crippen molar-refractivity contribution in [3.05, 3.63) is 77.9 Å². The van der Waals surface area contributed by atoms with Crippen LogP contribution in [0.5, 0.6) is 17.2 Å². The maximum Gasteiger partial charge on any atom is 0.319 e. The molecule has 0 bridgehead atoms. The molecule has 1 aliphatic rings. The van der Waals surface area contributed by atoms with Gasteiger partial charge in [-0.15, -0.1) is 0 Å². The van der Waals surface area contributed by atoms with Crippen LogP contribution in [-0.2, 0) is 0 Å². The van der Waals surface area contributed by atoms with Crippen LogP contribution in [0, 0.1) is 6.92 Å². The number of amides is 3. The van der Waals surface area contributed by atoms with E-state index in [0.717, 1.165) is 56.5 Å². The third-order valence-electron chi connectivity index (χ3n) is 6.54. The zero-order valence-electron chi connectivity index (χ0n) is 22.7. The van der Waals surface area contributed by atoms with Gasteiger partial charge in [-0.25, -0.2) is 4.79 Å². The Kier molecular flexibility index (Phi) is 10.2. The Balaban J connectivity index is 1.27. The average Bonchev–Trinajstić information content (AvgIpc) is 2.94. The predicted octanol–water partition coefficient (Wildman–Crippen LogP) is 6.48. The highest BCUT2D eigenvalue weighted by Gasteiger charge is 2.15. The summed E-state index contributed by atoms with van der Waals surface area (Å²) in [6.07, 6.45) is 5.38. The summed E-state index contributed by atoms with van der Waals surface area (Å²) in [6.45, 7) is 6.66. The van der Waals surface area contributed by atoms with Crippen molar-refractivity contribution in [1.82, 2.24) is 10.6 Å². The van der Waals surface area contributed by atoms with Gasteiger partial charge in [0.15, 0.2) is 0 Å². The van der Waals surface area contributed by atoms with Crippen molar-refractivity contribution in [2.75, 3.05) is 30.3 Å². The lowest BCUT2D eigenvalue weighted by molar-refractivity contribution is 0.102. The summed E-state index contributed by atoms with van der Waals surface area (Å²) in [5.74, 6) is 1.93. The maximum atomic E-state index is 12.8. The molecule has 0 aromatic heterocycles. The normalized spacial score (nSPS) is 13.4. The highest BCUT2D eigenvalue weighted by Crippen LogP contribution is 2.28. The summed E-state index contributed by atoms with van der Waals surface area (Å²) in [7, 11) is 0. The Hall–Kier alpha value is -4.04. The molecule has 0 aliphatic carbocycles.